The van der Waals surface area contributed by atoms with Crippen LogP contribution in [0.2, 0.25) is 0 Å². The highest BCUT2D eigenvalue weighted by Crippen LogP contribution is 2.28. The fourth-order valence-corrected chi connectivity index (χ4v) is 3.39. The van der Waals surface area contributed by atoms with Gasteiger partial charge in [0.05, 0.1) is 4.88 Å². The summed E-state index contributed by atoms with van der Waals surface area (Å²) in [5.41, 5.74) is 1.36. The van der Waals surface area contributed by atoms with Crippen molar-refractivity contribution in [1.82, 2.24) is 0 Å². The van der Waals surface area contributed by atoms with Crippen LogP contribution in [0.1, 0.15) is 26.4 Å². The van der Waals surface area contributed by atoms with Crippen LogP contribution in [0.4, 0.5) is 8.78 Å². The zero-order valence-electron chi connectivity index (χ0n) is 11.5. The van der Waals surface area contributed by atoms with Gasteiger partial charge in [0.25, 0.3) is 0 Å². The highest BCUT2D eigenvalue weighted by atomic mass is 32.1. The van der Waals surface area contributed by atoms with E-state index in [1.165, 1.54) is 23.5 Å². The molecule has 0 aliphatic carbocycles. The number of fused-ring (bicyclic) bond motifs is 1. The van der Waals surface area contributed by atoms with Crippen molar-refractivity contribution < 1.29 is 13.6 Å². The van der Waals surface area contributed by atoms with E-state index in [0.29, 0.717) is 21.6 Å². The molecule has 3 rings (SSSR count). The summed E-state index contributed by atoms with van der Waals surface area (Å²) in [6.07, 6.45) is 0. The van der Waals surface area contributed by atoms with Gasteiger partial charge in [-0.2, -0.15) is 0 Å². The second-order valence-electron chi connectivity index (χ2n) is 5.05. The van der Waals surface area contributed by atoms with Crippen LogP contribution in [-0.2, 0) is 0 Å². The van der Waals surface area contributed by atoms with Crippen molar-refractivity contribution >= 4 is 27.2 Å². The number of hydrogen-bond donors (Lipinski definition) is 0. The highest BCUT2D eigenvalue weighted by Gasteiger charge is 2.15. The Kier molecular flexibility index (Phi) is 3.33. The lowest BCUT2D eigenvalue weighted by Crippen LogP contribution is -2.01. The van der Waals surface area contributed by atoms with Crippen molar-refractivity contribution in [2.75, 3.05) is 0 Å². The molecule has 1 nitrogen and oxygen atoms in total. The maximum absolute atomic E-state index is 13.6. The first-order valence-corrected chi connectivity index (χ1v) is 7.28. The Balaban J connectivity index is 2.08. The van der Waals surface area contributed by atoms with Gasteiger partial charge in [0.2, 0.25) is 5.78 Å². The molecule has 0 radical (unpaired) electrons. The summed E-state index contributed by atoms with van der Waals surface area (Å²) in [6.45, 7) is 3.28. The summed E-state index contributed by atoms with van der Waals surface area (Å²) in [5.74, 6) is -0.774. The van der Waals surface area contributed by atoms with E-state index in [0.717, 1.165) is 10.1 Å². The van der Waals surface area contributed by atoms with Gasteiger partial charge in [-0.15, -0.1) is 11.3 Å². The summed E-state index contributed by atoms with van der Waals surface area (Å²) in [7, 11) is 0. The van der Waals surface area contributed by atoms with Crippen molar-refractivity contribution in [3.05, 3.63) is 69.6 Å². The third-order valence-corrected chi connectivity index (χ3v) is 4.50. The smallest absolute Gasteiger partial charge is 0.203 e. The minimum Gasteiger partial charge on any atom is -0.288 e. The van der Waals surface area contributed by atoms with Gasteiger partial charge in [-0.25, -0.2) is 8.78 Å². The minimum atomic E-state index is -0.322. The molecule has 0 aliphatic heterocycles. The molecule has 4 heteroatoms. The molecule has 0 aliphatic rings. The van der Waals surface area contributed by atoms with Crippen LogP contribution in [0, 0.1) is 25.5 Å². The Morgan fingerprint density at radius 2 is 1.67 bits per heavy atom. The van der Waals surface area contributed by atoms with E-state index < -0.39 is 0 Å². The van der Waals surface area contributed by atoms with Crippen molar-refractivity contribution in [3.8, 4) is 0 Å². The Hall–Kier alpha value is -2.07. The van der Waals surface area contributed by atoms with E-state index in [9.17, 15) is 13.6 Å². The van der Waals surface area contributed by atoms with Crippen molar-refractivity contribution in [1.29, 1.82) is 0 Å². The SMILES string of the molecule is Cc1cc(C(=O)c2cc3ccc(F)cc3s2)cc(C)c1F. The Labute approximate surface area is 124 Å². The average Bonchev–Trinajstić information content (AvgIpc) is 2.86. The number of thiophene rings is 1. The van der Waals surface area contributed by atoms with Gasteiger partial charge >= 0.3 is 0 Å². The first kappa shape index (κ1) is 13.9. The van der Waals surface area contributed by atoms with E-state index in [-0.39, 0.29) is 17.4 Å². The molecule has 2 aromatic carbocycles. The van der Waals surface area contributed by atoms with Gasteiger partial charge < -0.3 is 0 Å². The number of carbonyl (C=O) groups excluding carboxylic acids is 1. The molecule has 3 aromatic rings. The zero-order chi connectivity index (χ0) is 15.1. The monoisotopic (exact) mass is 302 g/mol. The normalized spacial score (nSPS) is 11.0. The lowest BCUT2D eigenvalue weighted by atomic mass is 10.0. The minimum absolute atomic E-state index is 0.164. The van der Waals surface area contributed by atoms with Crippen molar-refractivity contribution in [2.45, 2.75) is 13.8 Å². The number of rotatable bonds is 2. The van der Waals surface area contributed by atoms with Gasteiger partial charge in [-0.1, -0.05) is 6.07 Å². The molecular formula is C17H12F2OS. The lowest BCUT2D eigenvalue weighted by molar-refractivity contribution is 0.104. The molecule has 21 heavy (non-hydrogen) atoms. The molecule has 0 saturated heterocycles. The fourth-order valence-electron chi connectivity index (χ4n) is 2.34. The molecule has 0 unspecified atom stereocenters. The van der Waals surface area contributed by atoms with Crippen LogP contribution in [0.5, 0.6) is 0 Å². The standard InChI is InChI=1S/C17H12F2OS/c1-9-5-12(6-10(2)16(9)19)17(20)15-7-11-3-4-13(18)8-14(11)21-15/h3-8H,1-2H3. The number of aryl methyl sites for hydroxylation is 2. The number of benzene rings is 2. The average molecular weight is 302 g/mol. The van der Waals surface area contributed by atoms with Gasteiger partial charge in [0.1, 0.15) is 11.6 Å². The van der Waals surface area contributed by atoms with E-state index in [2.05, 4.69) is 0 Å². The molecule has 0 fully saturated rings. The number of hydrogen-bond acceptors (Lipinski definition) is 2. The Morgan fingerprint density at radius 3 is 2.33 bits per heavy atom. The van der Waals surface area contributed by atoms with Gasteiger partial charge in [-0.05, 0) is 60.7 Å². The fraction of sp³-hybridized carbons (Fsp3) is 0.118. The van der Waals surface area contributed by atoms with Crippen molar-refractivity contribution in [2.24, 2.45) is 0 Å². The van der Waals surface area contributed by atoms with Crippen molar-refractivity contribution in [3.63, 3.8) is 0 Å². The first-order valence-electron chi connectivity index (χ1n) is 6.46. The maximum Gasteiger partial charge on any atom is 0.203 e. The van der Waals surface area contributed by atoms with Crippen LogP contribution in [-0.4, -0.2) is 5.78 Å². The van der Waals surface area contributed by atoms with Gasteiger partial charge in [0, 0.05) is 10.3 Å². The van der Waals surface area contributed by atoms with E-state index >= 15 is 0 Å². The summed E-state index contributed by atoms with van der Waals surface area (Å²) >= 11 is 1.25. The summed E-state index contributed by atoms with van der Waals surface area (Å²) in [6, 6.07) is 9.29. The van der Waals surface area contributed by atoms with Crippen LogP contribution >= 0.6 is 11.3 Å². The summed E-state index contributed by atoms with van der Waals surface area (Å²) in [4.78, 5) is 13.0. The van der Waals surface area contributed by atoms with E-state index in [4.69, 9.17) is 0 Å². The predicted molar refractivity (Wildman–Crippen MR) is 81.1 cm³/mol. The number of ketones is 1. The lowest BCUT2D eigenvalue weighted by Gasteiger charge is -2.04. The third-order valence-electron chi connectivity index (χ3n) is 3.40. The third kappa shape index (κ3) is 2.47. The molecule has 0 bridgehead atoms. The predicted octanol–water partition coefficient (Wildman–Crippen LogP) is 5.03. The summed E-state index contributed by atoms with van der Waals surface area (Å²) in [5, 5.41) is 0.834. The second-order valence-corrected chi connectivity index (χ2v) is 6.13. The Bertz CT molecular complexity index is 841. The second kappa shape index (κ2) is 5.04. The number of carbonyl (C=O) groups is 1. The van der Waals surface area contributed by atoms with Gasteiger partial charge in [-0.3, -0.25) is 4.79 Å². The maximum atomic E-state index is 13.6. The molecule has 1 aromatic heterocycles. The number of halogens is 2. The van der Waals surface area contributed by atoms with Crippen LogP contribution in [0.3, 0.4) is 0 Å². The molecule has 0 amide bonds. The molecule has 0 spiro atoms. The largest absolute Gasteiger partial charge is 0.288 e. The van der Waals surface area contributed by atoms with Crippen LogP contribution in [0.25, 0.3) is 10.1 Å². The molecule has 0 atom stereocenters. The van der Waals surface area contributed by atoms with Gasteiger partial charge in [0.15, 0.2) is 0 Å². The molecular weight excluding hydrogens is 290 g/mol. The molecule has 0 N–H and O–H groups in total. The molecule has 1 heterocycles. The molecule has 106 valence electrons. The highest BCUT2D eigenvalue weighted by molar-refractivity contribution is 7.21. The summed E-state index contributed by atoms with van der Waals surface area (Å²) < 4.78 is 27.6. The first-order chi connectivity index (χ1) is 9.95. The van der Waals surface area contributed by atoms with Crippen LogP contribution in [0.15, 0.2) is 36.4 Å². The molecule has 0 saturated carbocycles. The van der Waals surface area contributed by atoms with E-state index in [1.807, 2.05) is 0 Å². The quantitative estimate of drug-likeness (QED) is 0.607. The Morgan fingerprint density at radius 1 is 1.00 bits per heavy atom. The topological polar surface area (TPSA) is 17.1 Å². The van der Waals surface area contributed by atoms with Crippen LogP contribution < -0.4 is 0 Å². The van der Waals surface area contributed by atoms with E-state index in [1.54, 1.807) is 38.1 Å². The zero-order valence-corrected chi connectivity index (χ0v) is 12.4.